The topological polar surface area (TPSA) is 50.4 Å². The van der Waals surface area contributed by atoms with E-state index in [1.165, 1.54) is 6.42 Å². The van der Waals surface area contributed by atoms with Gasteiger partial charge in [-0.2, -0.15) is 5.48 Å². The van der Waals surface area contributed by atoms with Gasteiger partial charge in [-0.3, -0.25) is 4.79 Å². The monoisotopic (exact) mass is 230 g/mol. The lowest BCUT2D eigenvalue weighted by atomic mass is 10.2. The fraction of sp³-hybridized carbons (Fsp3) is 0.917. The van der Waals surface area contributed by atoms with E-state index >= 15 is 0 Å². The van der Waals surface area contributed by atoms with Crippen LogP contribution in [0.4, 0.5) is 0 Å². The van der Waals surface area contributed by atoms with Gasteiger partial charge in [0.2, 0.25) is 5.91 Å². The lowest BCUT2D eigenvalue weighted by Gasteiger charge is -2.14. The molecule has 1 unspecified atom stereocenters. The molecule has 0 aromatic rings. The van der Waals surface area contributed by atoms with Gasteiger partial charge in [0.15, 0.2) is 0 Å². The number of unbranched alkanes of at least 4 members (excludes halogenated alkanes) is 2. The number of rotatable bonds is 9. The van der Waals surface area contributed by atoms with Gasteiger partial charge in [-0.15, -0.1) is 0 Å². The molecule has 0 saturated carbocycles. The predicted molar refractivity (Wildman–Crippen MR) is 65.9 cm³/mol. The largest absolute Gasteiger partial charge is 0.355 e. The lowest BCUT2D eigenvalue weighted by Crippen LogP contribution is -2.42. The Morgan fingerprint density at radius 1 is 1.25 bits per heavy atom. The average molecular weight is 230 g/mol. The third-order valence-electron chi connectivity index (χ3n) is 2.15. The minimum absolute atomic E-state index is 0.000130. The molecule has 16 heavy (non-hydrogen) atoms. The molecule has 0 aliphatic carbocycles. The zero-order chi connectivity index (χ0) is 12.4. The van der Waals surface area contributed by atoms with Crippen molar-refractivity contribution >= 4 is 5.91 Å². The molecule has 1 amide bonds. The highest BCUT2D eigenvalue weighted by Crippen LogP contribution is 1.93. The van der Waals surface area contributed by atoms with Crippen molar-refractivity contribution in [3.63, 3.8) is 0 Å². The smallest absolute Gasteiger partial charge is 0.239 e. The molecule has 0 aromatic carbocycles. The van der Waals surface area contributed by atoms with Crippen LogP contribution in [-0.4, -0.2) is 25.1 Å². The van der Waals surface area contributed by atoms with Crippen LogP contribution >= 0.6 is 0 Å². The van der Waals surface area contributed by atoms with Crippen molar-refractivity contribution in [3.8, 4) is 0 Å². The Balaban J connectivity index is 3.49. The second-order valence-electron chi connectivity index (χ2n) is 4.54. The lowest BCUT2D eigenvalue weighted by molar-refractivity contribution is -0.127. The van der Waals surface area contributed by atoms with Crippen molar-refractivity contribution < 1.29 is 9.63 Å². The molecule has 0 aliphatic rings. The van der Waals surface area contributed by atoms with Gasteiger partial charge < -0.3 is 10.2 Å². The summed E-state index contributed by atoms with van der Waals surface area (Å²) in [5, 5.41) is 2.87. The first-order valence-electron chi connectivity index (χ1n) is 6.23. The Kier molecular flexibility index (Phi) is 9.24. The van der Waals surface area contributed by atoms with Crippen molar-refractivity contribution in [3.05, 3.63) is 0 Å². The molecule has 0 saturated heterocycles. The highest BCUT2D eigenvalue weighted by atomic mass is 16.6. The molecule has 1 atom stereocenters. The summed E-state index contributed by atoms with van der Waals surface area (Å²) in [6.45, 7) is 9.45. The summed E-state index contributed by atoms with van der Waals surface area (Å²) in [7, 11) is 0. The maximum Gasteiger partial charge on any atom is 0.239 e. The highest BCUT2D eigenvalue weighted by Gasteiger charge is 2.11. The molecule has 4 heteroatoms. The van der Waals surface area contributed by atoms with Gasteiger partial charge in [0.25, 0.3) is 0 Å². The number of carbonyl (C=O) groups is 1. The van der Waals surface area contributed by atoms with E-state index in [0.717, 1.165) is 19.4 Å². The molecule has 0 fully saturated rings. The van der Waals surface area contributed by atoms with Crippen molar-refractivity contribution in [2.24, 2.45) is 5.92 Å². The second kappa shape index (κ2) is 9.60. The standard InChI is InChI=1S/C12H26N2O2/c1-5-6-7-8-13-12(15)11(4)14-16-9-10(2)3/h10-11,14H,5-9H2,1-4H3,(H,13,15). The summed E-state index contributed by atoms with van der Waals surface area (Å²) in [6, 6.07) is -0.291. The molecular formula is C12H26N2O2. The van der Waals surface area contributed by atoms with Crippen LogP contribution in [0.3, 0.4) is 0 Å². The number of hydrogen-bond acceptors (Lipinski definition) is 3. The van der Waals surface area contributed by atoms with E-state index in [1.807, 2.05) is 0 Å². The maximum absolute atomic E-state index is 11.5. The quantitative estimate of drug-likeness (QED) is 0.469. The summed E-state index contributed by atoms with van der Waals surface area (Å²) in [6.07, 6.45) is 3.37. The Labute approximate surface area is 99.1 Å². The zero-order valence-corrected chi connectivity index (χ0v) is 11.0. The molecule has 0 heterocycles. The fourth-order valence-corrected chi connectivity index (χ4v) is 1.13. The van der Waals surface area contributed by atoms with Crippen LogP contribution in [0.2, 0.25) is 0 Å². The molecule has 0 radical (unpaired) electrons. The Morgan fingerprint density at radius 3 is 2.50 bits per heavy atom. The van der Waals surface area contributed by atoms with Gasteiger partial charge in [0.1, 0.15) is 6.04 Å². The predicted octanol–water partition coefficient (Wildman–Crippen LogP) is 1.86. The Morgan fingerprint density at radius 2 is 1.94 bits per heavy atom. The number of hydrogen-bond donors (Lipinski definition) is 2. The van der Waals surface area contributed by atoms with E-state index in [4.69, 9.17) is 4.84 Å². The molecule has 0 bridgehead atoms. The Bertz CT molecular complexity index is 184. The van der Waals surface area contributed by atoms with Gasteiger partial charge in [-0.1, -0.05) is 33.6 Å². The van der Waals surface area contributed by atoms with Crippen LogP contribution < -0.4 is 10.8 Å². The molecule has 96 valence electrons. The molecule has 0 aliphatic heterocycles. The molecular weight excluding hydrogens is 204 g/mol. The fourth-order valence-electron chi connectivity index (χ4n) is 1.13. The molecule has 0 aromatic heterocycles. The first-order valence-corrected chi connectivity index (χ1v) is 6.23. The number of hydroxylamine groups is 1. The van der Waals surface area contributed by atoms with E-state index in [-0.39, 0.29) is 11.9 Å². The van der Waals surface area contributed by atoms with E-state index < -0.39 is 0 Å². The number of amides is 1. The highest BCUT2D eigenvalue weighted by molar-refractivity contribution is 5.81. The van der Waals surface area contributed by atoms with Crippen molar-refractivity contribution in [2.45, 2.75) is 53.0 Å². The van der Waals surface area contributed by atoms with Crippen LogP contribution in [0.1, 0.15) is 47.0 Å². The molecule has 0 spiro atoms. The van der Waals surface area contributed by atoms with E-state index in [2.05, 4.69) is 31.6 Å². The minimum Gasteiger partial charge on any atom is -0.355 e. The van der Waals surface area contributed by atoms with Crippen molar-refractivity contribution in [1.29, 1.82) is 0 Å². The van der Waals surface area contributed by atoms with Crippen LogP contribution in [-0.2, 0) is 9.63 Å². The van der Waals surface area contributed by atoms with Crippen molar-refractivity contribution in [2.75, 3.05) is 13.2 Å². The first kappa shape index (κ1) is 15.4. The first-order chi connectivity index (χ1) is 7.57. The van der Waals surface area contributed by atoms with Gasteiger partial charge >= 0.3 is 0 Å². The summed E-state index contributed by atoms with van der Waals surface area (Å²) in [4.78, 5) is 16.7. The number of nitrogens with one attached hydrogen (secondary N) is 2. The van der Waals surface area contributed by atoms with E-state index in [9.17, 15) is 4.79 Å². The van der Waals surface area contributed by atoms with Gasteiger partial charge in [0, 0.05) is 6.54 Å². The zero-order valence-electron chi connectivity index (χ0n) is 11.0. The SMILES string of the molecule is CCCCCNC(=O)C(C)NOCC(C)C. The van der Waals surface area contributed by atoms with Crippen LogP contribution in [0, 0.1) is 5.92 Å². The average Bonchev–Trinajstić information content (AvgIpc) is 2.23. The molecule has 0 rings (SSSR count). The normalized spacial score (nSPS) is 12.8. The van der Waals surface area contributed by atoms with Gasteiger partial charge in [0.05, 0.1) is 6.61 Å². The van der Waals surface area contributed by atoms with Crippen LogP contribution in [0.5, 0.6) is 0 Å². The summed E-state index contributed by atoms with van der Waals surface area (Å²) in [5.74, 6) is 0.465. The van der Waals surface area contributed by atoms with E-state index in [1.54, 1.807) is 6.92 Å². The summed E-state index contributed by atoms with van der Waals surface area (Å²) < 4.78 is 0. The molecule has 2 N–H and O–H groups in total. The van der Waals surface area contributed by atoms with Gasteiger partial charge in [-0.25, -0.2) is 0 Å². The molecule has 4 nitrogen and oxygen atoms in total. The summed E-state index contributed by atoms with van der Waals surface area (Å²) >= 11 is 0. The number of carbonyl (C=O) groups excluding carboxylic acids is 1. The third-order valence-corrected chi connectivity index (χ3v) is 2.15. The maximum atomic E-state index is 11.5. The van der Waals surface area contributed by atoms with E-state index in [0.29, 0.717) is 12.5 Å². The Hall–Kier alpha value is -0.610. The minimum atomic E-state index is -0.291. The third kappa shape index (κ3) is 8.68. The summed E-state index contributed by atoms with van der Waals surface area (Å²) in [5.41, 5.74) is 2.74. The van der Waals surface area contributed by atoms with Gasteiger partial charge in [-0.05, 0) is 19.3 Å². The van der Waals surface area contributed by atoms with Crippen LogP contribution in [0.25, 0.3) is 0 Å². The second-order valence-corrected chi connectivity index (χ2v) is 4.54. The van der Waals surface area contributed by atoms with Crippen molar-refractivity contribution in [1.82, 2.24) is 10.8 Å². The van der Waals surface area contributed by atoms with Crippen LogP contribution in [0.15, 0.2) is 0 Å².